The zero-order valence-corrected chi connectivity index (χ0v) is 14.8. The predicted octanol–water partition coefficient (Wildman–Crippen LogP) is 2.15. The van der Waals surface area contributed by atoms with Gasteiger partial charge < -0.3 is 15.7 Å². The predicted molar refractivity (Wildman–Crippen MR) is 96.6 cm³/mol. The fourth-order valence-electron chi connectivity index (χ4n) is 2.51. The molecule has 0 radical (unpaired) electrons. The Hall–Kier alpha value is -2.87. The fraction of sp³-hybridized carbons (Fsp3) is 0.222. The number of aromatic hydroxyl groups is 1. The highest BCUT2D eigenvalue weighted by Crippen LogP contribution is 2.47. The van der Waals surface area contributed by atoms with Crippen molar-refractivity contribution >= 4 is 33.0 Å². The van der Waals surface area contributed by atoms with Crippen LogP contribution in [-0.4, -0.2) is 31.6 Å². The third-order valence-electron chi connectivity index (χ3n) is 4.28. The second-order valence-corrected chi connectivity index (χ2v) is 8.35. The monoisotopic (exact) mass is 374 g/mol. The highest BCUT2D eigenvalue weighted by Gasteiger charge is 2.56. The minimum atomic E-state index is -3.31. The summed E-state index contributed by atoms with van der Waals surface area (Å²) in [5.41, 5.74) is -0.219. The molecule has 8 heteroatoms. The second kappa shape index (κ2) is 6.45. The van der Waals surface area contributed by atoms with Crippen LogP contribution in [0.2, 0.25) is 0 Å². The van der Waals surface area contributed by atoms with Gasteiger partial charge >= 0.3 is 0 Å². The van der Waals surface area contributed by atoms with Gasteiger partial charge in [-0.25, -0.2) is 8.42 Å². The molecule has 1 aliphatic carbocycles. The zero-order chi connectivity index (χ0) is 18.9. The molecule has 26 heavy (non-hydrogen) atoms. The number of benzene rings is 2. The van der Waals surface area contributed by atoms with Crippen molar-refractivity contribution < 1.29 is 23.1 Å². The average Bonchev–Trinajstić information content (AvgIpc) is 3.38. The van der Waals surface area contributed by atoms with Crippen LogP contribution in [0.1, 0.15) is 12.8 Å². The van der Waals surface area contributed by atoms with Crippen molar-refractivity contribution in [2.24, 2.45) is 5.41 Å². The Bertz CT molecular complexity index is 946. The molecular formula is C18H18N2O5S. The van der Waals surface area contributed by atoms with Crippen LogP contribution in [0, 0.1) is 5.41 Å². The molecule has 2 amide bonds. The zero-order valence-electron chi connectivity index (χ0n) is 14.0. The number of hydrogen-bond acceptors (Lipinski definition) is 5. The lowest BCUT2D eigenvalue weighted by Gasteiger charge is -2.15. The molecule has 0 heterocycles. The maximum Gasteiger partial charge on any atom is 0.240 e. The van der Waals surface area contributed by atoms with Crippen LogP contribution in [0.5, 0.6) is 5.75 Å². The van der Waals surface area contributed by atoms with Crippen molar-refractivity contribution in [3.8, 4) is 5.75 Å². The van der Waals surface area contributed by atoms with Gasteiger partial charge in [0.15, 0.2) is 9.84 Å². The van der Waals surface area contributed by atoms with E-state index in [0.717, 1.165) is 6.26 Å². The van der Waals surface area contributed by atoms with Gasteiger partial charge in [0.05, 0.1) is 4.90 Å². The van der Waals surface area contributed by atoms with E-state index in [1.807, 2.05) is 0 Å². The fourth-order valence-corrected chi connectivity index (χ4v) is 3.14. The number of amides is 2. The molecule has 1 fully saturated rings. The van der Waals surface area contributed by atoms with Gasteiger partial charge in [-0.05, 0) is 61.4 Å². The summed E-state index contributed by atoms with van der Waals surface area (Å²) in [6.07, 6.45) is 1.97. The Morgan fingerprint density at radius 1 is 0.885 bits per heavy atom. The van der Waals surface area contributed by atoms with E-state index < -0.39 is 27.1 Å². The highest BCUT2D eigenvalue weighted by molar-refractivity contribution is 7.90. The minimum Gasteiger partial charge on any atom is -0.508 e. The van der Waals surface area contributed by atoms with E-state index in [9.17, 15) is 23.1 Å². The molecule has 0 spiro atoms. The molecule has 1 saturated carbocycles. The van der Waals surface area contributed by atoms with Crippen LogP contribution in [-0.2, 0) is 19.4 Å². The van der Waals surface area contributed by atoms with Gasteiger partial charge in [0.2, 0.25) is 11.8 Å². The largest absolute Gasteiger partial charge is 0.508 e. The van der Waals surface area contributed by atoms with E-state index in [1.165, 1.54) is 36.4 Å². The normalized spacial score (nSPS) is 15.1. The maximum atomic E-state index is 12.5. The SMILES string of the molecule is CS(=O)(=O)c1ccc(NC(=O)C2(C(=O)Nc3ccc(O)cc3)CC2)cc1. The first-order valence-electron chi connectivity index (χ1n) is 7.93. The summed E-state index contributed by atoms with van der Waals surface area (Å²) in [6, 6.07) is 11.8. The molecular weight excluding hydrogens is 356 g/mol. The van der Waals surface area contributed by atoms with E-state index in [1.54, 1.807) is 12.1 Å². The standard InChI is InChI=1S/C18H18N2O5S/c1-26(24,25)15-8-4-13(5-9-15)20-17(23)18(10-11-18)16(22)19-12-2-6-14(21)7-3-12/h2-9,21H,10-11H2,1H3,(H,19,22)(H,20,23). The molecule has 2 aromatic rings. The molecule has 0 saturated heterocycles. The van der Waals surface area contributed by atoms with E-state index in [-0.39, 0.29) is 10.6 Å². The van der Waals surface area contributed by atoms with Crippen molar-refractivity contribution in [2.75, 3.05) is 16.9 Å². The van der Waals surface area contributed by atoms with E-state index in [2.05, 4.69) is 10.6 Å². The van der Waals surface area contributed by atoms with Gasteiger partial charge in [0.1, 0.15) is 11.2 Å². The Labute approximate surface area is 151 Å². The van der Waals surface area contributed by atoms with Crippen LogP contribution >= 0.6 is 0 Å². The van der Waals surface area contributed by atoms with Gasteiger partial charge in [0.25, 0.3) is 0 Å². The average molecular weight is 374 g/mol. The third-order valence-corrected chi connectivity index (χ3v) is 5.41. The number of carbonyl (C=O) groups excluding carboxylic acids is 2. The smallest absolute Gasteiger partial charge is 0.240 e. The van der Waals surface area contributed by atoms with Crippen LogP contribution in [0.3, 0.4) is 0 Å². The number of phenols is 1. The molecule has 3 N–H and O–H groups in total. The van der Waals surface area contributed by atoms with Gasteiger partial charge in [-0.2, -0.15) is 0 Å². The van der Waals surface area contributed by atoms with E-state index >= 15 is 0 Å². The minimum absolute atomic E-state index is 0.0828. The first-order chi connectivity index (χ1) is 12.2. The van der Waals surface area contributed by atoms with Gasteiger partial charge in [0, 0.05) is 17.6 Å². The molecule has 7 nitrogen and oxygen atoms in total. The lowest BCUT2D eigenvalue weighted by Crippen LogP contribution is -2.35. The summed E-state index contributed by atoms with van der Waals surface area (Å²) in [5, 5.41) is 14.6. The summed E-state index contributed by atoms with van der Waals surface area (Å²) >= 11 is 0. The molecule has 3 rings (SSSR count). The van der Waals surface area contributed by atoms with Crippen LogP contribution in [0.4, 0.5) is 11.4 Å². The van der Waals surface area contributed by atoms with Crippen LogP contribution in [0.25, 0.3) is 0 Å². The number of carbonyl (C=O) groups is 2. The Kier molecular flexibility index (Phi) is 4.45. The van der Waals surface area contributed by atoms with E-state index in [4.69, 9.17) is 0 Å². The number of sulfone groups is 1. The maximum absolute atomic E-state index is 12.5. The summed E-state index contributed by atoms with van der Waals surface area (Å²) in [6.45, 7) is 0. The van der Waals surface area contributed by atoms with Crippen molar-refractivity contribution in [3.63, 3.8) is 0 Å². The number of rotatable bonds is 5. The van der Waals surface area contributed by atoms with E-state index in [0.29, 0.717) is 24.2 Å². The van der Waals surface area contributed by atoms with Crippen molar-refractivity contribution in [1.82, 2.24) is 0 Å². The number of anilines is 2. The van der Waals surface area contributed by atoms with Gasteiger partial charge in [-0.1, -0.05) is 0 Å². The molecule has 1 aliphatic rings. The first-order valence-corrected chi connectivity index (χ1v) is 9.82. The molecule has 0 aromatic heterocycles. The molecule has 136 valence electrons. The van der Waals surface area contributed by atoms with Crippen molar-refractivity contribution in [3.05, 3.63) is 48.5 Å². The first kappa shape index (κ1) is 17.9. The number of phenolic OH excluding ortho intramolecular Hbond substituents is 1. The summed E-state index contributed by atoms with van der Waals surface area (Å²) in [4.78, 5) is 25.2. The van der Waals surface area contributed by atoms with Crippen molar-refractivity contribution in [1.29, 1.82) is 0 Å². The summed E-state index contributed by atoms with van der Waals surface area (Å²) < 4.78 is 22.9. The molecule has 0 bridgehead atoms. The molecule has 0 unspecified atom stereocenters. The lowest BCUT2D eigenvalue weighted by atomic mass is 10.0. The van der Waals surface area contributed by atoms with Crippen molar-refractivity contribution in [2.45, 2.75) is 17.7 Å². The summed E-state index contributed by atoms with van der Waals surface area (Å²) in [5.74, 6) is -0.756. The number of nitrogens with one attached hydrogen (secondary N) is 2. The lowest BCUT2D eigenvalue weighted by molar-refractivity contribution is -0.131. The quantitative estimate of drug-likeness (QED) is 0.548. The Morgan fingerprint density at radius 3 is 1.69 bits per heavy atom. The Morgan fingerprint density at radius 2 is 1.31 bits per heavy atom. The second-order valence-electron chi connectivity index (χ2n) is 6.33. The molecule has 0 aliphatic heterocycles. The van der Waals surface area contributed by atoms with Crippen LogP contribution in [0.15, 0.2) is 53.4 Å². The number of hydrogen-bond donors (Lipinski definition) is 3. The van der Waals surface area contributed by atoms with Gasteiger partial charge in [-0.3, -0.25) is 9.59 Å². The third kappa shape index (κ3) is 3.70. The molecule has 2 aromatic carbocycles. The Balaban J connectivity index is 1.68. The molecule has 0 atom stereocenters. The summed E-state index contributed by atoms with van der Waals surface area (Å²) in [7, 11) is -3.31. The van der Waals surface area contributed by atoms with Gasteiger partial charge in [-0.15, -0.1) is 0 Å². The van der Waals surface area contributed by atoms with Crippen LogP contribution < -0.4 is 10.6 Å². The highest BCUT2D eigenvalue weighted by atomic mass is 32.2. The topological polar surface area (TPSA) is 113 Å².